The zero-order chi connectivity index (χ0) is 27.9. The molecule has 1 spiro atoms. The zero-order valence-corrected chi connectivity index (χ0v) is 23.5. The van der Waals surface area contributed by atoms with Gasteiger partial charge in [-0.15, -0.1) is 0 Å². The fourth-order valence-electron chi connectivity index (χ4n) is 5.84. The van der Waals surface area contributed by atoms with Crippen LogP contribution in [-0.4, -0.2) is 81.5 Å². The van der Waals surface area contributed by atoms with E-state index in [1.54, 1.807) is 12.1 Å². The van der Waals surface area contributed by atoms with Crippen LogP contribution in [0.2, 0.25) is 0 Å². The lowest BCUT2D eigenvalue weighted by atomic mass is 9.93. The van der Waals surface area contributed by atoms with Gasteiger partial charge in [0.1, 0.15) is 5.82 Å². The molecular formula is C28H36N6O5S. The van der Waals surface area contributed by atoms with Crippen LogP contribution in [0.4, 0.5) is 17.3 Å². The minimum atomic E-state index is -3.83. The van der Waals surface area contributed by atoms with E-state index in [9.17, 15) is 13.2 Å². The molecule has 4 heterocycles. The van der Waals surface area contributed by atoms with Gasteiger partial charge >= 0.3 is 0 Å². The van der Waals surface area contributed by atoms with Crippen LogP contribution in [0.5, 0.6) is 0 Å². The van der Waals surface area contributed by atoms with E-state index in [2.05, 4.69) is 19.8 Å². The van der Waals surface area contributed by atoms with Gasteiger partial charge < -0.3 is 29.5 Å². The zero-order valence-electron chi connectivity index (χ0n) is 22.7. The van der Waals surface area contributed by atoms with Crippen LogP contribution < -0.4 is 19.8 Å². The maximum absolute atomic E-state index is 13.8. The molecule has 0 atom stereocenters. The highest BCUT2D eigenvalue weighted by Gasteiger charge is 2.44. The number of sulfonamides is 1. The molecule has 1 aromatic carbocycles. The molecule has 0 bridgehead atoms. The summed E-state index contributed by atoms with van der Waals surface area (Å²) in [6, 6.07) is 8.46. The van der Waals surface area contributed by atoms with Crippen molar-refractivity contribution in [1.82, 2.24) is 14.3 Å². The van der Waals surface area contributed by atoms with Crippen LogP contribution in [0.15, 0.2) is 41.4 Å². The van der Waals surface area contributed by atoms with Gasteiger partial charge in [0, 0.05) is 51.4 Å². The Labute approximate surface area is 234 Å². The lowest BCUT2D eigenvalue weighted by molar-refractivity contribution is 0.102. The molecular weight excluding hydrogens is 532 g/mol. The van der Waals surface area contributed by atoms with Crippen molar-refractivity contribution >= 4 is 44.2 Å². The van der Waals surface area contributed by atoms with Gasteiger partial charge in [-0.2, -0.15) is 0 Å². The second kappa shape index (κ2) is 10.7. The number of aliphatic hydroxyl groups is 1. The first kappa shape index (κ1) is 27.0. The third-order valence-corrected chi connectivity index (χ3v) is 9.90. The summed E-state index contributed by atoms with van der Waals surface area (Å²) in [5.74, 6) is 0.892. The molecule has 40 heavy (non-hydrogen) atoms. The lowest BCUT2D eigenvalue weighted by Crippen LogP contribution is -2.37. The number of aryl methyl sites for hydroxylation is 1. The summed E-state index contributed by atoms with van der Waals surface area (Å²) in [6.45, 7) is 3.82. The minimum Gasteiger partial charge on any atom is -0.395 e. The van der Waals surface area contributed by atoms with Gasteiger partial charge in [0.05, 0.1) is 41.5 Å². The minimum absolute atomic E-state index is 0.0673. The summed E-state index contributed by atoms with van der Waals surface area (Å²) in [4.78, 5) is 23.0. The van der Waals surface area contributed by atoms with Crippen molar-refractivity contribution < 1.29 is 23.1 Å². The Morgan fingerprint density at radius 1 is 1.05 bits per heavy atom. The van der Waals surface area contributed by atoms with Crippen molar-refractivity contribution in [3.05, 3.63) is 42.1 Å². The Morgan fingerprint density at radius 3 is 2.50 bits per heavy atom. The normalized spacial score (nSPS) is 18.9. The number of amides is 1. The Morgan fingerprint density at radius 2 is 1.80 bits per heavy atom. The molecule has 1 saturated carbocycles. The summed E-state index contributed by atoms with van der Waals surface area (Å²) in [7, 11) is -1.85. The van der Waals surface area contributed by atoms with Gasteiger partial charge in [-0.25, -0.2) is 18.1 Å². The molecule has 214 valence electrons. The third kappa shape index (κ3) is 5.28. The molecule has 2 saturated heterocycles. The molecule has 11 nitrogen and oxygen atoms in total. The largest absolute Gasteiger partial charge is 0.395 e. The molecule has 2 aliphatic heterocycles. The van der Waals surface area contributed by atoms with Crippen LogP contribution in [0.1, 0.15) is 36.0 Å². The monoisotopic (exact) mass is 568 g/mol. The summed E-state index contributed by atoms with van der Waals surface area (Å²) in [5.41, 5.74) is 2.41. The smallest absolute Gasteiger partial charge is 0.258 e. The van der Waals surface area contributed by atoms with Crippen molar-refractivity contribution in [3.8, 4) is 0 Å². The number of pyridine rings is 1. The molecule has 0 radical (unpaired) electrons. The Balaban J connectivity index is 1.33. The average molecular weight is 569 g/mol. The predicted molar refractivity (Wildman–Crippen MR) is 154 cm³/mol. The summed E-state index contributed by atoms with van der Waals surface area (Å²) >= 11 is 0. The molecule has 3 fully saturated rings. The number of morpholine rings is 1. The van der Waals surface area contributed by atoms with Crippen LogP contribution in [0, 0.1) is 5.41 Å². The van der Waals surface area contributed by atoms with Crippen LogP contribution in [0.25, 0.3) is 10.9 Å². The van der Waals surface area contributed by atoms with E-state index in [1.165, 1.54) is 18.9 Å². The number of piperidine rings is 1. The fourth-order valence-corrected chi connectivity index (χ4v) is 6.88. The number of hydrogen-bond acceptors (Lipinski definition) is 8. The van der Waals surface area contributed by atoms with Gasteiger partial charge in [0.15, 0.2) is 5.82 Å². The number of aromatic nitrogens is 2. The SMILES string of the molecule is Cn1ccc2cc(NC(=O)c3ccc(S(=O)(=O)NCCO)cc3N3CCC4(CC3)CC4)nc(N3CCOCC3)c21. The number of hydrogen-bond donors (Lipinski definition) is 3. The van der Waals surface area contributed by atoms with Gasteiger partial charge in [-0.1, -0.05) is 0 Å². The second-order valence-corrected chi connectivity index (χ2v) is 12.8. The van der Waals surface area contributed by atoms with E-state index in [4.69, 9.17) is 14.8 Å². The highest BCUT2D eigenvalue weighted by atomic mass is 32.2. The quantitative estimate of drug-likeness (QED) is 0.378. The Bertz CT molecular complexity index is 1520. The summed E-state index contributed by atoms with van der Waals surface area (Å²) in [5, 5.41) is 13.1. The van der Waals surface area contributed by atoms with Crippen molar-refractivity contribution in [2.75, 3.05) is 67.7 Å². The number of nitrogens with one attached hydrogen (secondary N) is 2. The van der Waals surface area contributed by atoms with E-state index in [0.29, 0.717) is 48.8 Å². The van der Waals surface area contributed by atoms with Crippen molar-refractivity contribution in [1.29, 1.82) is 0 Å². The lowest BCUT2D eigenvalue weighted by Gasteiger charge is -2.35. The molecule has 3 aromatic rings. The number of anilines is 3. The molecule has 3 N–H and O–H groups in total. The van der Waals surface area contributed by atoms with Crippen LogP contribution in [-0.2, 0) is 21.8 Å². The molecule has 1 aliphatic carbocycles. The van der Waals surface area contributed by atoms with E-state index in [0.717, 1.165) is 42.7 Å². The molecule has 12 heteroatoms. The molecule has 0 unspecified atom stereocenters. The summed E-state index contributed by atoms with van der Waals surface area (Å²) in [6.07, 6.45) is 6.53. The van der Waals surface area contributed by atoms with Gasteiger partial charge in [-0.05, 0) is 61.4 Å². The first-order chi connectivity index (χ1) is 19.3. The number of aliphatic hydroxyl groups excluding tert-OH is 1. The number of rotatable bonds is 8. The van der Waals surface area contributed by atoms with Crippen LogP contribution in [0.3, 0.4) is 0 Å². The first-order valence-electron chi connectivity index (χ1n) is 13.9. The highest BCUT2D eigenvalue weighted by Crippen LogP contribution is 2.54. The number of fused-ring (bicyclic) bond motifs is 1. The number of ether oxygens (including phenoxy) is 1. The number of benzene rings is 1. The van der Waals surface area contributed by atoms with E-state index < -0.39 is 10.0 Å². The first-order valence-corrected chi connectivity index (χ1v) is 15.4. The molecule has 1 amide bonds. The predicted octanol–water partition coefficient (Wildman–Crippen LogP) is 2.31. The molecule has 6 rings (SSSR count). The van der Waals surface area contributed by atoms with Crippen molar-refractivity contribution in [3.63, 3.8) is 0 Å². The van der Waals surface area contributed by atoms with E-state index in [1.807, 2.05) is 29.9 Å². The number of nitrogens with zero attached hydrogens (tertiary/aromatic N) is 4. The maximum Gasteiger partial charge on any atom is 0.258 e. The standard InChI is InChI=1S/C28H36N6O5S/c1-32-10-4-20-18-24(30-26(25(20)32)34-13-16-39-17-14-34)31-27(36)22-3-2-21(40(37,38)29-9-15-35)19-23(22)33-11-7-28(5-6-28)8-12-33/h2-4,10,18-19,29,35H,5-9,11-17H2,1H3,(H,30,31,36). The number of carbonyl (C=O) groups is 1. The average Bonchev–Trinajstić information content (AvgIpc) is 3.62. The maximum atomic E-state index is 13.8. The van der Waals surface area contributed by atoms with Gasteiger partial charge in [0.2, 0.25) is 10.0 Å². The highest BCUT2D eigenvalue weighted by molar-refractivity contribution is 7.89. The molecule has 2 aromatic heterocycles. The van der Waals surface area contributed by atoms with Crippen molar-refractivity contribution in [2.24, 2.45) is 12.5 Å². The summed E-state index contributed by atoms with van der Waals surface area (Å²) < 4.78 is 35.7. The van der Waals surface area contributed by atoms with Gasteiger partial charge in [0.25, 0.3) is 5.91 Å². The Hall–Kier alpha value is -3.19. The third-order valence-electron chi connectivity index (χ3n) is 8.44. The second-order valence-electron chi connectivity index (χ2n) is 11.0. The van der Waals surface area contributed by atoms with Gasteiger partial charge in [-0.3, -0.25) is 4.79 Å². The molecule has 3 aliphatic rings. The van der Waals surface area contributed by atoms with Crippen LogP contribution >= 0.6 is 0 Å². The Kier molecular flexibility index (Phi) is 7.19. The van der Waals surface area contributed by atoms with E-state index in [-0.39, 0.29) is 24.0 Å². The van der Waals surface area contributed by atoms with Crippen molar-refractivity contribution in [2.45, 2.75) is 30.6 Å². The topological polar surface area (TPSA) is 129 Å². The fraction of sp³-hybridized carbons (Fsp3) is 0.500. The number of carbonyl (C=O) groups excluding carboxylic acids is 1. The van der Waals surface area contributed by atoms with E-state index >= 15 is 0 Å².